The van der Waals surface area contributed by atoms with Crippen LogP contribution in [-0.4, -0.2) is 36.6 Å². The number of anilines is 1. The number of carbonyl (C=O) groups excluding carboxylic acids is 1. The Hall–Kier alpha value is -1.42. The summed E-state index contributed by atoms with van der Waals surface area (Å²) in [5.74, 6) is -0.261. The first-order valence-electron chi connectivity index (χ1n) is 8.67. The Morgan fingerprint density at radius 1 is 1.22 bits per heavy atom. The molecular formula is C19H32FN2O+. The second kappa shape index (κ2) is 8.44. The zero-order valence-corrected chi connectivity index (χ0v) is 15.5. The van der Waals surface area contributed by atoms with Crippen molar-refractivity contribution in [2.75, 3.05) is 25.5 Å². The maximum absolute atomic E-state index is 13.4. The Bertz CT molecular complexity index is 521. The van der Waals surface area contributed by atoms with Gasteiger partial charge in [0, 0.05) is 5.69 Å². The van der Waals surface area contributed by atoms with Gasteiger partial charge in [0.1, 0.15) is 5.82 Å². The summed E-state index contributed by atoms with van der Waals surface area (Å²) in [4.78, 5) is 12.7. The molecule has 1 N–H and O–H groups in total. The van der Waals surface area contributed by atoms with Crippen molar-refractivity contribution in [2.24, 2.45) is 0 Å². The maximum Gasteiger partial charge on any atom is 0.282 e. The van der Waals surface area contributed by atoms with E-state index in [1.807, 2.05) is 20.8 Å². The molecule has 0 fully saturated rings. The minimum absolute atomic E-state index is 0.00339. The van der Waals surface area contributed by atoms with Crippen molar-refractivity contribution in [1.82, 2.24) is 0 Å². The number of benzene rings is 1. The highest BCUT2D eigenvalue weighted by Gasteiger charge is 2.33. The summed E-state index contributed by atoms with van der Waals surface area (Å²) >= 11 is 0. The molecule has 0 saturated heterocycles. The smallest absolute Gasteiger partial charge is 0.282 e. The van der Waals surface area contributed by atoms with E-state index in [0.717, 1.165) is 40.8 Å². The van der Waals surface area contributed by atoms with Crippen LogP contribution in [-0.2, 0) is 4.79 Å². The van der Waals surface area contributed by atoms with Crippen molar-refractivity contribution in [3.63, 3.8) is 0 Å². The molecule has 1 rings (SSSR count). The Labute approximate surface area is 140 Å². The van der Waals surface area contributed by atoms with Gasteiger partial charge in [-0.25, -0.2) is 4.39 Å². The van der Waals surface area contributed by atoms with Gasteiger partial charge < -0.3 is 9.80 Å². The Kier molecular flexibility index (Phi) is 7.20. The fourth-order valence-electron chi connectivity index (χ4n) is 2.97. The molecule has 4 heteroatoms. The number of nitrogens with zero attached hydrogens (tertiary/aromatic N) is 1. The number of quaternary nitrogens is 1. The highest BCUT2D eigenvalue weighted by atomic mass is 19.1. The second-order valence-electron chi connectivity index (χ2n) is 6.81. The van der Waals surface area contributed by atoms with Crippen molar-refractivity contribution in [3.05, 3.63) is 29.1 Å². The Balaban J connectivity index is 2.87. The lowest BCUT2D eigenvalue weighted by atomic mass is 10.1. The van der Waals surface area contributed by atoms with Gasteiger partial charge in [-0.1, -0.05) is 13.3 Å². The SMILES string of the molecule is CCCCC[N+](C)(CC)C(C)C(=O)Nc1c(C)cc(F)cc1C. The highest BCUT2D eigenvalue weighted by Crippen LogP contribution is 2.23. The second-order valence-corrected chi connectivity index (χ2v) is 6.81. The van der Waals surface area contributed by atoms with Gasteiger partial charge in [-0.2, -0.15) is 0 Å². The molecule has 0 aliphatic carbocycles. The average molecular weight is 323 g/mol. The zero-order chi connectivity index (χ0) is 17.6. The van der Waals surface area contributed by atoms with Crippen LogP contribution in [0.5, 0.6) is 0 Å². The van der Waals surface area contributed by atoms with Gasteiger partial charge in [-0.3, -0.25) is 4.79 Å². The number of carbonyl (C=O) groups is 1. The third-order valence-corrected chi connectivity index (χ3v) is 5.06. The Morgan fingerprint density at radius 2 is 1.78 bits per heavy atom. The van der Waals surface area contributed by atoms with E-state index in [1.54, 1.807) is 0 Å². The molecule has 130 valence electrons. The summed E-state index contributed by atoms with van der Waals surface area (Å²) in [5, 5.41) is 3.01. The van der Waals surface area contributed by atoms with Crippen LogP contribution in [0.25, 0.3) is 0 Å². The van der Waals surface area contributed by atoms with Crippen molar-refractivity contribution in [2.45, 2.75) is 59.9 Å². The predicted octanol–water partition coefficient (Wildman–Crippen LogP) is 4.43. The molecule has 23 heavy (non-hydrogen) atoms. The largest absolute Gasteiger partial charge is 0.320 e. The molecule has 1 amide bonds. The lowest BCUT2D eigenvalue weighted by Crippen LogP contribution is -2.56. The summed E-state index contributed by atoms with van der Waals surface area (Å²) < 4.78 is 14.1. The number of rotatable bonds is 8. The molecule has 2 atom stereocenters. The van der Waals surface area contributed by atoms with E-state index in [4.69, 9.17) is 0 Å². The molecule has 0 heterocycles. The number of hydrogen-bond donors (Lipinski definition) is 1. The van der Waals surface area contributed by atoms with E-state index >= 15 is 0 Å². The van der Waals surface area contributed by atoms with E-state index in [9.17, 15) is 9.18 Å². The van der Waals surface area contributed by atoms with Crippen LogP contribution >= 0.6 is 0 Å². The van der Waals surface area contributed by atoms with Gasteiger partial charge >= 0.3 is 0 Å². The summed E-state index contributed by atoms with van der Waals surface area (Å²) in [6.45, 7) is 11.9. The molecule has 1 aromatic carbocycles. The minimum Gasteiger partial charge on any atom is -0.320 e. The molecule has 3 nitrogen and oxygen atoms in total. The lowest BCUT2D eigenvalue weighted by Gasteiger charge is -2.38. The third-order valence-electron chi connectivity index (χ3n) is 5.06. The number of aryl methyl sites for hydroxylation is 2. The average Bonchev–Trinajstić information content (AvgIpc) is 2.49. The molecule has 0 spiro atoms. The number of likely N-dealkylation sites (N-methyl/N-ethyl adjacent to an activating group) is 1. The maximum atomic E-state index is 13.4. The van der Waals surface area contributed by atoms with E-state index in [0.29, 0.717) is 0 Å². The minimum atomic E-state index is -0.264. The lowest BCUT2D eigenvalue weighted by molar-refractivity contribution is -0.921. The van der Waals surface area contributed by atoms with E-state index in [2.05, 4.69) is 26.2 Å². The van der Waals surface area contributed by atoms with Crippen molar-refractivity contribution < 1.29 is 13.7 Å². The topological polar surface area (TPSA) is 29.1 Å². The number of amides is 1. The van der Waals surface area contributed by atoms with E-state index < -0.39 is 0 Å². The van der Waals surface area contributed by atoms with Gasteiger partial charge in [0.05, 0.1) is 20.1 Å². The monoisotopic (exact) mass is 323 g/mol. The predicted molar refractivity (Wildman–Crippen MR) is 95.1 cm³/mol. The van der Waals surface area contributed by atoms with Gasteiger partial charge in [0.2, 0.25) is 0 Å². The van der Waals surface area contributed by atoms with Crippen LogP contribution in [0.2, 0.25) is 0 Å². The standard InChI is InChI=1S/C19H31FN2O/c1-7-9-10-11-22(6,8-2)16(5)19(23)21-18-14(3)12-17(20)13-15(18)4/h12-13,16H,7-11H2,1-6H3/p+1. The molecular weight excluding hydrogens is 291 g/mol. The van der Waals surface area contributed by atoms with Crippen LogP contribution in [0.4, 0.5) is 10.1 Å². The van der Waals surface area contributed by atoms with Gasteiger partial charge in [-0.05, 0) is 63.8 Å². The molecule has 0 aromatic heterocycles. The van der Waals surface area contributed by atoms with Crippen molar-refractivity contribution >= 4 is 11.6 Å². The third kappa shape index (κ3) is 5.03. The molecule has 1 aromatic rings. The summed E-state index contributed by atoms with van der Waals surface area (Å²) in [6, 6.07) is 2.78. The van der Waals surface area contributed by atoms with Crippen molar-refractivity contribution in [3.8, 4) is 0 Å². The number of unbranched alkanes of at least 4 members (excludes halogenated alkanes) is 2. The zero-order valence-electron chi connectivity index (χ0n) is 15.5. The highest BCUT2D eigenvalue weighted by molar-refractivity contribution is 5.95. The van der Waals surface area contributed by atoms with Gasteiger partial charge in [-0.15, -0.1) is 0 Å². The molecule has 0 aliphatic heterocycles. The van der Waals surface area contributed by atoms with Crippen LogP contribution in [0.3, 0.4) is 0 Å². The number of halogens is 1. The molecule has 0 saturated carbocycles. The van der Waals surface area contributed by atoms with Crippen LogP contribution < -0.4 is 5.32 Å². The first-order valence-corrected chi connectivity index (χ1v) is 8.67. The first kappa shape index (κ1) is 19.6. The normalized spacial score (nSPS) is 15.1. The van der Waals surface area contributed by atoms with Gasteiger partial charge in [0.25, 0.3) is 5.91 Å². The van der Waals surface area contributed by atoms with E-state index in [-0.39, 0.29) is 17.8 Å². The summed E-state index contributed by atoms with van der Waals surface area (Å²) in [5.41, 5.74) is 2.26. The van der Waals surface area contributed by atoms with Gasteiger partial charge in [0.15, 0.2) is 6.04 Å². The molecule has 0 radical (unpaired) electrons. The molecule has 0 aliphatic rings. The van der Waals surface area contributed by atoms with E-state index in [1.165, 1.54) is 25.0 Å². The quantitative estimate of drug-likeness (QED) is 0.556. The number of nitrogens with one attached hydrogen (secondary N) is 1. The fourth-order valence-corrected chi connectivity index (χ4v) is 2.97. The van der Waals surface area contributed by atoms with Crippen LogP contribution in [0, 0.1) is 19.7 Å². The summed E-state index contributed by atoms with van der Waals surface area (Å²) in [6.07, 6.45) is 3.50. The Morgan fingerprint density at radius 3 is 2.26 bits per heavy atom. The van der Waals surface area contributed by atoms with Crippen LogP contribution in [0.15, 0.2) is 12.1 Å². The fraction of sp³-hybridized carbons (Fsp3) is 0.632. The molecule has 2 unspecified atom stereocenters. The first-order chi connectivity index (χ1) is 10.7. The summed E-state index contributed by atoms with van der Waals surface area (Å²) in [7, 11) is 2.14. The van der Waals surface area contributed by atoms with Crippen molar-refractivity contribution in [1.29, 1.82) is 0 Å². The number of hydrogen-bond acceptors (Lipinski definition) is 1. The van der Waals surface area contributed by atoms with Crippen LogP contribution in [0.1, 0.15) is 51.2 Å². The molecule has 0 bridgehead atoms.